The second-order valence-electron chi connectivity index (χ2n) is 8.20. The van der Waals surface area contributed by atoms with Gasteiger partial charge in [0, 0.05) is 13.0 Å². The monoisotopic (exact) mass is 485 g/mol. The third-order valence-corrected chi connectivity index (χ3v) is 5.70. The molecule has 7 nitrogen and oxygen atoms in total. The molecule has 1 heterocycles. The summed E-state index contributed by atoms with van der Waals surface area (Å²) in [5.41, 5.74) is 3.06. The van der Waals surface area contributed by atoms with Crippen LogP contribution in [0.1, 0.15) is 11.4 Å². The van der Waals surface area contributed by atoms with Gasteiger partial charge in [-0.2, -0.15) is 0 Å². The maximum absolute atomic E-state index is 12.2. The lowest BCUT2D eigenvalue weighted by Gasteiger charge is -2.14. The number of carbonyl (C=O) groups is 1. The van der Waals surface area contributed by atoms with Gasteiger partial charge in [0.25, 0.3) is 5.91 Å². The van der Waals surface area contributed by atoms with Crippen molar-refractivity contribution in [2.45, 2.75) is 19.4 Å². The quantitative estimate of drug-likeness (QED) is 0.281. The van der Waals surface area contributed by atoms with Gasteiger partial charge >= 0.3 is 0 Å². The minimum Gasteiger partial charge on any atom is -0.493 e. The number of nitrogens with one attached hydrogen (secondary N) is 1. The summed E-state index contributed by atoms with van der Waals surface area (Å²) in [4.78, 5) is 17.0. The molecule has 0 radical (unpaired) electrons. The fraction of sp³-hybridized carbons (Fsp3) is 0.241. The van der Waals surface area contributed by atoms with E-state index in [1.807, 2.05) is 78.9 Å². The molecule has 0 bridgehead atoms. The van der Waals surface area contributed by atoms with Gasteiger partial charge in [-0.1, -0.05) is 42.5 Å². The van der Waals surface area contributed by atoms with E-state index in [0.29, 0.717) is 43.4 Å². The van der Waals surface area contributed by atoms with E-state index in [1.54, 1.807) is 7.11 Å². The first-order chi connectivity index (χ1) is 17.7. The summed E-state index contributed by atoms with van der Waals surface area (Å²) in [6.45, 7) is 5.28. The van der Waals surface area contributed by atoms with Gasteiger partial charge in [0.2, 0.25) is 0 Å². The van der Waals surface area contributed by atoms with Crippen LogP contribution in [0.4, 0.5) is 0 Å². The van der Waals surface area contributed by atoms with Crippen LogP contribution in [0.5, 0.6) is 17.2 Å². The van der Waals surface area contributed by atoms with Gasteiger partial charge in [-0.3, -0.25) is 4.79 Å². The second-order valence-corrected chi connectivity index (χ2v) is 8.20. The molecule has 0 aliphatic heterocycles. The molecule has 0 aliphatic rings. The van der Waals surface area contributed by atoms with Crippen molar-refractivity contribution in [3.63, 3.8) is 0 Å². The van der Waals surface area contributed by atoms with Crippen LogP contribution in [0.2, 0.25) is 0 Å². The lowest BCUT2D eigenvalue weighted by molar-refractivity contribution is -0.123. The van der Waals surface area contributed by atoms with Crippen LogP contribution in [0.25, 0.3) is 11.0 Å². The van der Waals surface area contributed by atoms with E-state index in [9.17, 15) is 4.79 Å². The average Bonchev–Trinajstić information content (AvgIpc) is 3.26. The summed E-state index contributed by atoms with van der Waals surface area (Å²) in [7, 11) is 1.64. The Labute approximate surface area is 211 Å². The Morgan fingerprint density at radius 1 is 1.03 bits per heavy atom. The highest BCUT2D eigenvalue weighted by Crippen LogP contribution is 2.28. The number of rotatable bonds is 13. The number of para-hydroxylation sites is 3. The number of hydrogen-bond acceptors (Lipinski definition) is 5. The number of nitrogens with zero attached hydrogens (tertiary/aromatic N) is 2. The summed E-state index contributed by atoms with van der Waals surface area (Å²) < 4.78 is 19.2. The number of methoxy groups -OCH3 is 1. The number of hydrogen-bond donors (Lipinski definition) is 1. The van der Waals surface area contributed by atoms with Crippen LogP contribution in [0.15, 0.2) is 85.5 Å². The van der Waals surface area contributed by atoms with Gasteiger partial charge in [0.1, 0.15) is 18.2 Å². The van der Waals surface area contributed by atoms with Crippen molar-refractivity contribution in [1.29, 1.82) is 0 Å². The third kappa shape index (κ3) is 6.44. The Bertz CT molecular complexity index is 1300. The van der Waals surface area contributed by atoms with Crippen LogP contribution in [-0.2, 0) is 24.2 Å². The Morgan fingerprint density at radius 3 is 2.64 bits per heavy atom. The maximum atomic E-state index is 12.2. The molecule has 1 aromatic heterocycles. The van der Waals surface area contributed by atoms with Crippen LogP contribution >= 0.6 is 0 Å². The van der Waals surface area contributed by atoms with Gasteiger partial charge in [-0.05, 0) is 48.4 Å². The molecule has 0 saturated heterocycles. The predicted octanol–water partition coefficient (Wildman–Crippen LogP) is 4.59. The summed E-state index contributed by atoms with van der Waals surface area (Å²) >= 11 is 0. The van der Waals surface area contributed by atoms with E-state index in [2.05, 4.69) is 16.5 Å². The Hall–Kier alpha value is -4.26. The Kier molecular flexibility index (Phi) is 8.59. The van der Waals surface area contributed by atoms with E-state index < -0.39 is 0 Å². The summed E-state index contributed by atoms with van der Waals surface area (Å²) in [6.07, 6.45) is 3.22. The van der Waals surface area contributed by atoms with E-state index in [4.69, 9.17) is 19.2 Å². The van der Waals surface area contributed by atoms with Crippen molar-refractivity contribution in [3.8, 4) is 17.2 Å². The highest BCUT2D eigenvalue weighted by molar-refractivity contribution is 5.77. The number of imidazole rings is 1. The molecule has 0 unspecified atom stereocenters. The van der Waals surface area contributed by atoms with Gasteiger partial charge < -0.3 is 24.1 Å². The fourth-order valence-corrected chi connectivity index (χ4v) is 3.97. The van der Waals surface area contributed by atoms with Crippen LogP contribution < -0.4 is 19.5 Å². The first kappa shape index (κ1) is 24.9. The molecule has 0 spiro atoms. The van der Waals surface area contributed by atoms with E-state index in [1.165, 1.54) is 0 Å². The molecule has 4 aromatic rings. The Morgan fingerprint density at radius 2 is 1.83 bits per heavy atom. The summed E-state index contributed by atoms with van der Waals surface area (Å²) in [6, 6.07) is 23.2. The van der Waals surface area contributed by atoms with Gasteiger partial charge in [0.15, 0.2) is 18.1 Å². The molecule has 36 heavy (non-hydrogen) atoms. The normalized spacial score (nSPS) is 10.7. The predicted molar refractivity (Wildman–Crippen MR) is 141 cm³/mol. The largest absolute Gasteiger partial charge is 0.493 e. The Balaban J connectivity index is 1.36. The molecular weight excluding hydrogens is 454 g/mol. The van der Waals surface area contributed by atoms with Gasteiger partial charge in [-0.25, -0.2) is 4.98 Å². The molecule has 0 saturated carbocycles. The third-order valence-electron chi connectivity index (χ3n) is 5.70. The zero-order chi connectivity index (χ0) is 25.2. The van der Waals surface area contributed by atoms with Crippen molar-refractivity contribution in [1.82, 2.24) is 14.9 Å². The molecule has 4 rings (SSSR count). The molecule has 7 heteroatoms. The number of fused-ring (bicyclic) bond motifs is 1. The lowest BCUT2D eigenvalue weighted by atomic mass is 10.1. The topological polar surface area (TPSA) is 74.6 Å². The highest BCUT2D eigenvalue weighted by atomic mass is 16.5. The molecule has 186 valence electrons. The van der Waals surface area contributed by atoms with Crippen LogP contribution in [0.3, 0.4) is 0 Å². The number of benzene rings is 3. The number of ether oxygens (including phenoxy) is 3. The van der Waals surface area contributed by atoms with E-state index in [-0.39, 0.29) is 12.5 Å². The van der Waals surface area contributed by atoms with E-state index >= 15 is 0 Å². The average molecular weight is 486 g/mol. The molecule has 0 aliphatic carbocycles. The molecule has 0 atom stereocenters. The zero-order valence-electron chi connectivity index (χ0n) is 20.5. The molecule has 1 N–H and O–H groups in total. The molecular formula is C29H31N3O4. The minimum absolute atomic E-state index is 0.0261. The molecule has 1 amide bonds. The van der Waals surface area contributed by atoms with Crippen molar-refractivity contribution in [2.24, 2.45) is 0 Å². The van der Waals surface area contributed by atoms with Gasteiger partial charge in [-0.15, -0.1) is 6.58 Å². The van der Waals surface area contributed by atoms with E-state index in [0.717, 1.165) is 28.8 Å². The first-order valence-corrected chi connectivity index (χ1v) is 12.0. The minimum atomic E-state index is -0.170. The smallest absolute Gasteiger partial charge is 0.257 e. The second kappa shape index (κ2) is 12.4. The highest BCUT2D eigenvalue weighted by Gasteiger charge is 2.12. The number of carbonyl (C=O) groups excluding carboxylic acids is 1. The van der Waals surface area contributed by atoms with Crippen molar-refractivity contribution >= 4 is 16.9 Å². The fourth-order valence-electron chi connectivity index (χ4n) is 3.97. The van der Waals surface area contributed by atoms with Crippen LogP contribution in [-0.4, -0.2) is 42.3 Å². The molecule has 3 aromatic carbocycles. The summed E-state index contributed by atoms with van der Waals surface area (Å²) in [5, 5.41) is 2.91. The summed E-state index contributed by atoms with van der Waals surface area (Å²) in [5.74, 6) is 2.78. The zero-order valence-corrected chi connectivity index (χ0v) is 20.5. The lowest BCUT2D eigenvalue weighted by Crippen LogP contribution is -2.31. The first-order valence-electron chi connectivity index (χ1n) is 12.0. The maximum Gasteiger partial charge on any atom is 0.257 e. The van der Waals surface area contributed by atoms with Crippen molar-refractivity contribution < 1.29 is 19.0 Å². The number of amides is 1. The molecule has 0 fully saturated rings. The van der Waals surface area contributed by atoms with Crippen molar-refractivity contribution in [2.75, 3.05) is 26.9 Å². The number of allylic oxidation sites excluding steroid dienone is 1. The van der Waals surface area contributed by atoms with Crippen molar-refractivity contribution in [3.05, 3.63) is 96.8 Å². The number of aromatic nitrogens is 2. The van der Waals surface area contributed by atoms with Crippen LogP contribution in [0, 0.1) is 0 Å². The van der Waals surface area contributed by atoms with Gasteiger partial charge in [0.05, 0.1) is 24.7 Å². The SMILES string of the molecule is C=CCc1ccc(OCCn2c(CCNC(=O)COc3ccccc3)nc3ccccc32)c(OC)c1. The standard InChI is InChI=1S/C29H31N3O4/c1-3-9-22-14-15-26(27(20-22)34-2)35-19-18-32-25-13-8-7-12-24(25)31-28(32)16-17-30-29(33)21-36-23-10-5-4-6-11-23/h3-8,10-15,20H,1,9,16-19,21H2,2H3,(H,30,33).